The first kappa shape index (κ1) is 14.7. The standard InChI is InChI=1S/C13H16N2O4S/c1-10-4-5-15(9-10)20(18,19)12-6-11(7-14-8-12)2-3-13(16)17/h2-3,6-8,10H,4-5,9H2,1H3,(H,16,17). The van der Waals surface area contributed by atoms with Crippen LogP contribution in [0.2, 0.25) is 0 Å². The Balaban J connectivity index is 2.28. The maximum atomic E-state index is 12.4. The van der Waals surface area contributed by atoms with Crippen LogP contribution in [0, 0.1) is 5.92 Å². The summed E-state index contributed by atoms with van der Waals surface area (Å²) in [5.74, 6) is -0.737. The lowest BCUT2D eigenvalue weighted by molar-refractivity contribution is -0.131. The summed E-state index contributed by atoms with van der Waals surface area (Å²) >= 11 is 0. The van der Waals surface area contributed by atoms with Crippen molar-refractivity contribution >= 4 is 22.1 Å². The van der Waals surface area contributed by atoms with Crippen LogP contribution in [0.5, 0.6) is 0 Å². The number of hydrogen-bond donors (Lipinski definition) is 1. The van der Waals surface area contributed by atoms with Gasteiger partial charge >= 0.3 is 5.97 Å². The summed E-state index contributed by atoms with van der Waals surface area (Å²) in [7, 11) is -3.54. The first-order valence-corrected chi connectivity index (χ1v) is 7.70. The third-order valence-electron chi connectivity index (χ3n) is 3.18. The zero-order chi connectivity index (χ0) is 14.8. The number of carbonyl (C=O) groups is 1. The molecule has 1 aliphatic rings. The first-order valence-electron chi connectivity index (χ1n) is 6.26. The molecule has 0 aromatic carbocycles. The van der Waals surface area contributed by atoms with E-state index in [-0.39, 0.29) is 4.90 Å². The fourth-order valence-electron chi connectivity index (χ4n) is 2.10. The Labute approximate surface area is 117 Å². The van der Waals surface area contributed by atoms with E-state index in [1.54, 1.807) is 0 Å². The fourth-order valence-corrected chi connectivity index (χ4v) is 3.67. The van der Waals surface area contributed by atoms with Gasteiger partial charge in [0.15, 0.2) is 0 Å². The molecular formula is C13H16N2O4S. The SMILES string of the molecule is CC1CCN(S(=O)(=O)c2cncc(C=CC(=O)O)c2)C1. The number of pyridine rings is 1. The topological polar surface area (TPSA) is 87.6 Å². The number of aromatic nitrogens is 1. The van der Waals surface area contributed by atoms with Gasteiger partial charge in [-0.05, 0) is 30.0 Å². The van der Waals surface area contributed by atoms with E-state index >= 15 is 0 Å². The second-order valence-electron chi connectivity index (χ2n) is 4.88. The van der Waals surface area contributed by atoms with Gasteiger partial charge < -0.3 is 5.11 Å². The lowest BCUT2D eigenvalue weighted by atomic mass is 10.2. The Bertz CT molecular complexity index is 640. The lowest BCUT2D eigenvalue weighted by Gasteiger charge is -2.15. The van der Waals surface area contributed by atoms with E-state index in [0.29, 0.717) is 24.6 Å². The monoisotopic (exact) mass is 296 g/mol. The maximum absolute atomic E-state index is 12.4. The minimum Gasteiger partial charge on any atom is -0.478 e. The molecule has 0 bridgehead atoms. The zero-order valence-corrected chi connectivity index (χ0v) is 11.9. The number of nitrogens with zero attached hydrogens (tertiary/aromatic N) is 2. The molecule has 20 heavy (non-hydrogen) atoms. The molecule has 0 amide bonds. The highest BCUT2D eigenvalue weighted by Crippen LogP contribution is 2.24. The minimum atomic E-state index is -3.54. The van der Waals surface area contributed by atoms with Crippen LogP contribution in [0.15, 0.2) is 29.4 Å². The summed E-state index contributed by atoms with van der Waals surface area (Å²) in [6, 6.07) is 1.44. The molecule has 7 heteroatoms. The van der Waals surface area contributed by atoms with Crippen LogP contribution < -0.4 is 0 Å². The Morgan fingerprint density at radius 1 is 1.50 bits per heavy atom. The van der Waals surface area contributed by atoms with Crippen molar-refractivity contribution in [2.24, 2.45) is 5.92 Å². The number of carboxylic acids is 1. The third-order valence-corrected chi connectivity index (χ3v) is 5.01. The highest BCUT2D eigenvalue weighted by Gasteiger charge is 2.30. The lowest BCUT2D eigenvalue weighted by Crippen LogP contribution is -2.28. The van der Waals surface area contributed by atoms with Crippen LogP contribution in [0.25, 0.3) is 6.08 Å². The van der Waals surface area contributed by atoms with Gasteiger partial charge in [-0.25, -0.2) is 13.2 Å². The number of carboxylic acid groups (broad SMARTS) is 1. The molecule has 1 saturated heterocycles. The van der Waals surface area contributed by atoms with Crippen molar-refractivity contribution in [2.75, 3.05) is 13.1 Å². The van der Waals surface area contributed by atoms with Gasteiger partial charge in [-0.15, -0.1) is 0 Å². The molecule has 2 rings (SSSR count). The number of sulfonamides is 1. The molecule has 1 fully saturated rings. The number of hydrogen-bond acceptors (Lipinski definition) is 4. The smallest absolute Gasteiger partial charge is 0.328 e. The van der Waals surface area contributed by atoms with Crippen LogP contribution in [0.4, 0.5) is 0 Å². The molecule has 6 nitrogen and oxygen atoms in total. The minimum absolute atomic E-state index is 0.0964. The molecule has 1 aliphatic heterocycles. The Morgan fingerprint density at radius 3 is 2.85 bits per heavy atom. The second kappa shape index (κ2) is 5.72. The van der Waals surface area contributed by atoms with Gasteiger partial charge in [0.25, 0.3) is 0 Å². The Kier molecular flexibility index (Phi) is 4.20. The molecule has 1 aromatic rings. The Morgan fingerprint density at radius 2 is 2.25 bits per heavy atom. The molecule has 0 saturated carbocycles. The van der Waals surface area contributed by atoms with Gasteiger partial charge in [0.05, 0.1) is 0 Å². The average Bonchev–Trinajstić information content (AvgIpc) is 2.84. The van der Waals surface area contributed by atoms with Crippen molar-refractivity contribution in [1.82, 2.24) is 9.29 Å². The van der Waals surface area contributed by atoms with E-state index in [0.717, 1.165) is 12.5 Å². The Hall–Kier alpha value is -1.73. The second-order valence-corrected chi connectivity index (χ2v) is 6.82. The molecule has 0 spiro atoms. The van der Waals surface area contributed by atoms with Gasteiger partial charge in [-0.3, -0.25) is 4.98 Å². The predicted octanol–water partition coefficient (Wildman–Crippen LogP) is 1.21. The van der Waals surface area contributed by atoms with Crippen molar-refractivity contribution in [3.63, 3.8) is 0 Å². The summed E-state index contributed by atoms with van der Waals surface area (Å²) < 4.78 is 26.3. The summed E-state index contributed by atoms with van der Waals surface area (Å²) in [6.45, 7) is 3.04. The van der Waals surface area contributed by atoms with Gasteiger partial charge in [0.1, 0.15) is 4.90 Å². The van der Waals surface area contributed by atoms with E-state index < -0.39 is 16.0 Å². The molecule has 1 unspecified atom stereocenters. The molecule has 0 aliphatic carbocycles. The number of rotatable bonds is 4. The summed E-state index contributed by atoms with van der Waals surface area (Å²) in [6.07, 6.45) is 5.83. The quantitative estimate of drug-likeness (QED) is 0.844. The van der Waals surface area contributed by atoms with E-state index in [1.165, 1.54) is 28.8 Å². The van der Waals surface area contributed by atoms with Gasteiger partial charge in [0, 0.05) is 31.6 Å². The van der Waals surface area contributed by atoms with E-state index in [4.69, 9.17) is 5.11 Å². The van der Waals surface area contributed by atoms with Crippen LogP contribution in [0.1, 0.15) is 18.9 Å². The van der Waals surface area contributed by atoms with E-state index in [1.807, 2.05) is 6.92 Å². The van der Waals surface area contributed by atoms with Gasteiger partial charge in [-0.2, -0.15) is 4.31 Å². The van der Waals surface area contributed by atoms with Crippen molar-refractivity contribution in [3.05, 3.63) is 30.1 Å². The highest BCUT2D eigenvalue weighted by atomic mass is 32.2. The van der Waals surface area contributed by atoms with Crippen molar-refractivity contribution in [1.29, 1.82) is 0 Å². The third kappa shape index (κ3) is 3.23. The largest absolute Gasteiger partial charge is 0.478 e. The van der Waals surface area contributed by atoms with Crippen molar-refractivity contribution in [2.45, 2.75) is 18.2 Å². The predicted molar refractivity (Wildman–Crippen MR) is 73.4 cm³/mol. The van der Waals surface area contributed by atoms with E-state index in [9.17, 15) is 13.2 Å². The van der Waals surface area contributed by atoms with Gasteiger partial charge in [0.2, 0.25) is 10.0 Å². The van der Waals surface area contributed by atoms with Crippen molar-refractivity contribution < 1.29 is 18.3 Å². The van der Waals surface area contributed by atoms with Crippen LogP contribution in [0.3, 0.4) is 0 Å². The highest BCUT2D eigenvalue weighted by molar-refractivity contribution is 7.89. The average molecular weight is 296 g/mol. The van der Waals surface area contributed by atoms with Crippen LogP contribution in [-0.2, 0) is 14.8 Å². The summed E-state index contributed by atoms with van der Waals surface area (Å²) in [5, 5.41) is 8.57. The summed E-state index contributed by atoms with van der Waals surface area (Å²) in [5.41, 5.74) is 0.445. The summed E-state index contributed by atoms with van der Waals surface area (Å²) in [4.78, 5) is 14.4. The van der Waals surface area contributed by atoms with Gasteiger partial charge in [-0.1, -0.05) is 6.92 Å². The molecule has 108 valence electrons. The van der Waals surface area contributed by atoms with E-state index in [2.05, 4.69) is 4.98 Å². The number of aliphatic carboxylic acids is 1. The molecule has 1 atom stereocenters. The zero-order valence-electron chi connectivity index (χ0n) is 11.1. The molecule has 1 N–H and O–H groups in total. The van der Waals surface area contributed by atoms with Crippen molar-refractivity contribution in [3.8, 4) is 0 Å². The fraction of sp³-hybridized carbons (Fsp3) is 0.385. The van der Waals surface area contributed by atoms with Crippen LogP contribution >= 0.6 is 0 Å². The molecule has 0 radical (unpaired) electrons. The maximum Gasteiger partial charge on any atom is 0.328 e. The first-order chi connectivity index (χ1) is 9.39. The molecular weight excluding hydrogens is 280 g/mol. The molecule has 1 aromatic heterocycles. The normalized spacial score (nSPS) is 20.6. The van der Waals surface area contributed by atoms with Crippen LogP contribution in [-0.4, -0.2) is 41.9 Å². The molecule has 2 heterocycles.